The molecule has 0 aromatic heterocycles. The van der Waals surface area contributed by atoms with Crippen molar-refractivity contribution in [3.8, 4) is 5.75 Å². The zero-order valence-corrected chi connectivity index (χ0v) is 11.5. The van der Waals surface area contributed by atoms with Crippen molar-refractivity contribution in [3.05, 3.63) is 66.2 Å². The molecule has 0 radical (unpaired) electrons. The highest BCUT2D eigenvalue weighted by atomic mass is 31.2. The number of phosphoric ester groups is 1. The third-order valence-corrected chi connectivity index (χ3v) is 2.67. The van der Waals surface area contributed by atoms with Gasteiger partial charge in [0.2, 0.25) is 0 Å². The van der Waals surface area contributed by atoms with Crippen molar-refractivity contribution in [3.63, 3.8) is 0 Å². The first-order valence-corrected chi connectivity index (χ1v) is 7.38. The highest BCUT2D eigenvalue weighted by Crippen LogP contribution is 2.36. The minimum atomic E-state index is -4.39. The van der Waals surface area contributed by atoms with Crippen molar-refractivity contribution >= 4 is 7.82 Å². The summed E-state index contributed by atoms with van der Waals surface area (Å²) in [4.78, 5) is 16.7. The molecular weight excluding hydrogens is 263 g/mol. The summed E-state index contributed by atoms with van der Waals surface area (Å²) < 4.78 is 14.5. The smallest absolute Gasteiger partial charge is 0.404 e. The molecule has 0 unspecified atom stereocenters. The maximum absolute atomic E-state index is 10.3. The quantitative estimate of drug-likeness (QED) is 0.845. The number of para-hydroxylation sites is 1. The molecule has 2 rings (SSSR count). The molecule has 102 valence electrons. The van der Waals surface area contributed by atoms with Crippen LogP contribution in [0.3, 0.4) is 0 Å². The Labute approximate surface area is 112 Å². The van der Waals surface area contributed by atoms with Crippen LogP contribution in [0.1, 0.15) is 12.5 Å². The highest BCUT2D eigenvalue weighted by molar-refractivity contribution is 7.46. The lowest BCUT2D eigenvalue weighted by Gasteiger charge is -2.04. The van der Waals surface area contributed by atoms with Crippen molar-refractivity contribution in [2.75, 3.05) is 0 Å². The molecule has 0 saturated carbocycles. The van der Waals surface area contributed by atoms with Gasteiger partial charge in [-0.15, -0.1) is 0 Å². The average Bonchev–Trinajstić information content (AvgIpc) is 2.40. The van der Waals surface area contributed by atoms with Gasteiger partial charge in [0.25, 0.3) is 0 Å². The summed E-state index contributed by atoms with van der Waals surface area (Å²) in [6.45, 7) is 2.16. The monoisotopic (exact) mass is 280 g/mol. The van der Waals surface area contributed by atoms with Crippen molar-refractivity contribution in [2.45, 2.75) is 13.3 Å². The molecule has 19 heavy (non-hydrogen) atoms. The zero-order chi connectivity index (χ0) is 14.1. The topological polar surface area (TPSA) is 66.8 Å². The molecule has 0 heterocycles. The van der Waals surface area contributed by atoms with E-state index < -0.39 is 7.82 Å². The van der Waals surface area contributed by atoms with E-state index in [9.17, 15) is 4.57 Å². The van der Waals surface area contributed by atoms with Gasteiger partial charge in [-0.2, -0.15) is 0 Å². The number of phosphoric acid groups is 1. The van der Waals surface area contributed by atoms with E-state index in [2.05, 4.69) is 35.7 Å². The fraction of sp³-hybridized carbons (Fsp3) is 0.143. The minimum absolute atomic E-state index is 0.167. The van der Waals surface area contributed by atoms with Crippen LogP contribution in [0.4, 0.5) is 0 Å². The third-order valence-electron chi connectivity index (χ3n) is 2.22. The lowest BCUT2D eigenvalue weighted by Crippen LogP contribution is -1.88. The Balaban J connectivity index is 0.000000200. The van der Waals surface area contributed by atoms with Gasteiger partial charge in [0.05, 0.1) is 0 Å². The van der Waals surface area contributed by atoms with E-state index in [4.69, 9.17) is 9.79 Å². The highest BCUT2D eigenvalue weighted by Gasteiger charge is 2.14. The Bertz CT molecular complexity index is 507. The van der Waals surface area contributed by atoms with E-state index in [1.54, 1.807) is 18.2 Å². The van der Waals surface area contributed by atoms with Crippen LogP contribution in [0.2, 0.25) is 0 Å². The molecule has 5 heteroatoms. The Morgan fingerprint density at radius 1 is 0.947 bits per heavy atom. The molecule has 2 N–H and O–H groups in total. The molecular formula is C14H17O4P. The van der Waals surface area contributed by atoms with Gasteiger partial charge in [-0.05, 0) is 24.1 Å². The number of rotatable bonds is 3. The molecule has 0 atom stereocenters. The van der Waals surface area contributed by atoms with Crippen molar-refractivity contribution < 1.29 is 18.9 Å². The second-order valence-electron chi connectivity index (χ2n) is 3.73. The summed E-state index contributed by atoms with van der Waals surface area (Å²) in [5, 5.41) is 0. The number of aryl methyl sites for hydroxylation is 1. The second kappa shape index (κ2) is 7.74. The maximum atomic E-state index is 10.3. The lowest BCUT2D eigenvalue weighted by molar-refractivity contribution is 0.283. The van der Waals surface area contributed by atoms with Gasteiger partial charge < -0.3 is 4.52 Å². The predicted octanol–water partition coefficient (Wildman–Crippen LogP) is 3.41. The fourth-order valence-corrected chi connectivity index (χ4v) is 1.73. The van der Waals surface area contributed by atoms with E-state index >= 15 is 0 Å². The van der Waals surface area contributed by atoms with Crippen molar-refractivity contribution in [1.29, 1.82) is 0 Å². The molecule has 0 fully saturated rings. The SMILES string of the molecule is CCc1ccccc1.O=P(O)(O)Oc1ccccc1. The second-order valence-corrected chi connectivity index (χ2v) is 4.90. The van der Waals surface area contributed by atoms with Gasteiger partial charge in [0, 0.05) is 0 Å². The molecule has 0 aliphatic rings. The molecule has 0 saturated heterocycles. The summed E-state index contributed by atoms with van der Waals surface area (Å²) in [5.74, 6) is 0.167. The molecule has 0 spiro atoms. The first-order chi connectivity index (χ1) is 9.01. The average molecular weight is 280 g/mol. The van der Waals surface area contributed by atoms with Crippen LogP contribution < -0.4 is 4.52 Å². The van der Waals surface area contributed by atoms with Crippen LogP contribution in [0, 0.1) is 0 Å². The molecule has 0 amide bonds. The van der Waals surface area contributed by atoms with Crippen LogP contribution >= 0.6 is 7.82 Å². The first kappa shape index (κ1) is 15.4. The van der Waals surface area contributed by atoms with E-state index in [-0.39, 0.29) is 5.75 Å². The van der Waals surface area contributed by atoms with E-state index in [0.29, 0.717) is 0 Å². The maximum Gasteiger partial charge on any atom is 0.524 e. The Kier molecular flexibility index (Phi) is 6.30. The summed E-state index contributed by atoms with van der Waals surface area (Å²) in [7, 11) is -4.39. The largest absolute Gasteiger partial charge is 0.524 e. The van der Waals surface area contributed by atoms with E-state index in [1.165, 1.54) is 17.7 Å². The minimum Gasteiger partial charge on any atom is -0.404 e. The number of hydrogen-bond acceptors (Lipinski definition) is 2. The molecule has 0 aliphatic heterocycles. The van der Waals surface area contributed by atoms with Crippen LogP contribution in [0.25, 0.3) is 0 Å². The Hall–Kier alpha value is -1.61. The van der Waals surface area contributed by atoms with Gasteiger partial charge >= 0.3 is 7.82 Å². The van der Waals surface area contributed by atoms with E-state index in [0.717, 1.165) is 6.42 Å². The zero-order valence-electron chi connectivity index (χ0n) is 10.6. The molecule has 2 aromatic carbocycles. The standard InChI is InChI=1S/C8H10.C6H7O4P/c1-2-8-6-4-3-5-7-8;7-11(8,9)10-6-4-2-1-3-5-6/h3-7H,2H2,1H3;1-5H,(H2,7,8,9). The Morgan fingerprint density at radius 3 is 1.79 bits per heavy atom. The number of hydrogen-bond donors (Lipinski definition) is 2. The van der Waals surface area contributed by atoms with Crippen molar-refractivity contribution in [2.24, 2.45) is 0 Å². The van der Waals surface area contributed by atoms with Crippen LogP contribution in [-0.2, 0) is 11.0 Å². The molecule has 0 bridgehead atoms. The van der Waals surface area contributed by atoms with Gasteiger partial charge in [-0.1, -0.05) is 55.5 Å². The molecule has 2 aromatic rings. The third kappa shape index (κ3) is 7.42. The van der Waals surface area contributed by atoms with E-state index in [1.807, 2.05) is 6.07 Å². The van der Waals surface area contributed by atoms with Gasteiger partial charge in [0.1, 0.15) is 5.75 Å². The van der Waals surface area contributed by atoms with Crippen molar-refractivity contribution in [1.82, 2.24) is 0 Å². The van der Waals surface area contributed by atoms with Gasteiger partial charge in [-0.25, -0.2) is 4.57 Å². The van der Waals surface area contributed by atoms with Gasteiger partial charge in [-0.3, -0.25) is 9.79 Å². The van der Waals surface area contributed by atoms with Crippen LogP contribution in [-0.4, -0.2) is 9.79 Å². The van der Waals surface area contributed by atoms with Crippen LogP contribution in [0.5, 0.6) is 5.75 Å². The van der Waals surface area contributed by atoms with Crippen LogP contribution in [0.15, 0.2) is 60.7 Å². The fourth-order valence-electron chi connectivity index (χ4n) is 1.33. The lowest BCUT2D eigenvalue weighted by atomic mass is 10.2. The normalized spacial score (nSPS) is 10.3. The first-order valence-electron chi connectivity index (χ1n) is 5.85. The molecule has 0 aliphatic carbocycles. The van der Waals surface area contributed by atoms with Gasteiger partial charge in [0.15, 0.2) is 0 Å². The molecule has 4 nitrogen and oxygen atoms in total. The summed E-state index contributed by atoms with van der Waals surface area (Å²) in [6, 6.07) is 18.4. The predicted molar refractivity (Wildman–Crippen MR) is 74.9 cm³/mol. The number of benzene rings is 2. The summed E-state index contributed by atoms with van der Waals surface area (Å²) >= 11 is 0. The summed E-state index contributed by atoms with van der Waals surface area (Å²) in [5.41, 5.74) is 1.41. The Morgan fingerprint density at radius 2 is 1.42 bits per heavy atom. The summed E-state index contributed by atoms with van der Waals surface area (Å²) in [6.07, 6.45) is 1.14.